The Hall–Kier alpha value is -2.88. The largest absolute Gasteiger partial charge is 0.507 e. The third-order valence-electron chi connectivity index (χ3n) is 5.82. The molecule has 5 rings (SSSR count). The maximum atomic E-state index is 10.3. The van der Waals surface area contributed by atoms with Gasteiger partial charge in [-0.25, -0.2) is 0 Å². The first-order chi connectivity index (χ1) is 13.7. The number of fused-ring (bicyclic) bond motifs is 4. The van der Waals surface area contributed by atoms with Crippen LogP contribution in [0.4, 0.5) is 0 Å². The topological polar surface area (TPSA) is 47.9 Å². The fourth-order valence-electron chi connectivity index (χ4n) is 4.30. The number of phenolic OH excluding ortho intramolecular Hbond substituents is 1. The molecule has 29 heavy (non-hydrogen) atoms. The zero-order valence-electron chi connectivity index (χ0n) is 17.3. The Balaban J connectivity index is 1.51. The molecule has 0 bridgehead atoms. The number of rotatable bonds is 1. The molecule has 0 fully saturated rings. The van der Waals surface area contributed by atoms with Gasteiger partial charge in [-0.3, -0.25) is 0 Å². The van der Waals surface area contributed by atoms with Gasteiger partial charge in [0.25, 0.3) is 0 Å². The van der Waals surface area contributed by atoms with Crippen molar-refractivity contribution in [1.82, 2.24) is 0 Å². The van der Waals surface area contributed by atoms with Crippen LogP contribution in [0.15, 0.2) is 36.4 Å². The molecule has 1 unspecified atom stereocenters. The Morgan fingerprint density at radius 1 is 0.862 bits per heavy atom. The van der Waals surface area contributed by atoms with Crippen molar-refractivity contribution in [2.75, 3.05) is 6.61 Å². The normalized spacial score (nSPS) is 22.4. The highest BCUT2D eigenvalue weighted by Gasteiger charge is 2.33. The molecule has 4 heteroatoms. The van der Waals surface area contributed by atoms with Gasteiger partial charge in [0, 0.05) is 11.5 Å². The fourth-order valence-corrected chi connectivity index (χ4v) is 4.30. The first-order valence-electron chi connectivity index (χ1n) is 10.1. The van der Waals surface area contributed by atoms with E-state index >= 15 is 0 Å². The lowest BCUT2D eigenvalue weighted by Crippen LogP contribution is -2.30. The fraction of sp³-hybridized carbons (Fsp3) is 0.360. The van der Waals surface area contributed by atoms with E-state index in [9.17, 15) is 5.11 Å². The van der Waals surface area contributed by atoms with Crippen LogP contribution >= 0.6 is 0 Å². The minimum atomic E-state index is -0.406. The molecular weight excluding hydrogens is 364 g/mol. The summed E-state index contributed by atoms with van der Waals surface area (Å²) in [6.45, 7) is 8.70. The van der Waals surface area contributed by atoms with Crippen molar-refractivity contribution in [2.24, 2.45) is 0 Å². The van der Waals surface area contributed by atoms with Crippen molar-refractivity contribution in [2.45, 2.75) is 51.2 Å². The third kappa shape index (κ3) is 3.07. The molecule has 2 aromatic carbocycles. The van der Waals surface area contributed by atoms with Crippen molar-refractivity contribution in [3.63, 3.8) is 0 Å². The van der Waals surface area contributed by atoms with Gasteiger partial charge < -0.3 is 19.3 Å². The van der Waals surface area contributed by atoms with Crippen LogP contribution in [-0.4, -0.2) is 22.9 Å². The lowest BCUT2D eigenvalue weighted by atomic mass is 9.86. The summed E-state index contributed by atoms with van der Waals surface area (Å²) in [7, 11) is 0. The van der Waals surface area contributed by atoms with E-state index in [0.717, 1.165) is 40.4 Å². The smallest absolute Gasteiger partial charge is 0.135 e. The maximum absolute atomic E-state index is 10.3. The van der Waals surface area contributed by atoms with Gasteiger partial charge in [0.05, 0.1) is 17.7 Å². The standard InChI is InChI=1S/C25H26O4/c1-24(2)12-10-19-21(28-24)8-5-15-13-16(14-27-22(15)19)17-6-7-20(26)18-9-11-25(3,4)29-23(17)18/h5-12,16,26H,13-14H2,1-4H3. The summed E-state index contributed by atoms with van der Waals surface area (Å²) in [5, 5.41) is 10.3. The Bertz CT molecular complexity index is 1060. The lowest BCUT2D eigenvalue weighted by molar-refractivity contribution is 0.152. The number of aromatic hydroxyl groups is 1. The highest BCUT2D eigenvalue weighted by molar-refractivity contribution is 5.71. The predicted octanol–water partition coefficient (Wildman–Crippen LogP) is 5.48. The third-order valence-corrected chi connectivity index (χ3v) is 5.82. The van der Waals surface area contributed by atoms with Crippen molar-refractivity contribution < 1.29 is 19.3 Å². The molecule has 3 heterocycles. The maximum Gasteiger partial charge on any atom is 0.135 e. The summed E-state index contributed by atoms with van der Waals surface area (Å²) in [4.78, 5) is 0. The summed E-state index contributed by atoms with van der Waals surface area (Å²) in [5.41, 5.74) is 3.30. The van der Waals surface area contributed by atoms with E-state index in [2.05, 4.69) is 18.2 Å². The SMILES string of the molecule is CC1(C)C=Cc2c(ccc3c2OCC(c2ccc(O)c4c2OC(C)(C)C=C4)C3)O1. The van der Waals surface area contributed by atoms with Crippen LogP contribution in [0.3, 0.4) is 0 Å². The minimum Gasteiger partial charge on any atom is -0.507 e. The van der Waals surface area contributed by atoms with Gasteiger partial charge in [-0.1, -0.05) is 12.1 Å². The van der Waals surface area contributed by atoms with Gasteiger partial charge in [-0.15, -0.1) is 0 Å². The number of hydrogen-bond donors (Lipinski definition) is 1. The van der Waals surface area contributed by atoms with Crippen molar-refractivity contribution in [3.05, 3.63) is 58.7 Å². The molecule has 0 saturated heterocycles. The van der Waals surface area contributed by atoms with Crippen molar-refractivity contribution in [3.8, 4) is 23.0 Å². The monoisotopic (exact) mass is 390 g/mol. The van der Waals surface area contributed by atoms with Crippen LogP contribution < -0.4 is 14.2 Å². The molecule has 0 spiro atoms. The van der Waals surface area contributed by atoms with Gasteiger partial charge in [0.2, 0.25) is 0 Å². The second-order valence-corrected chi connectivity index (χ2v) is 9.17. The summed E-state index contributed by atoms with van der Waals surface area (Å²) < 4.78 is 18.6. The number of hydrogen-bond acceptors (Lipinski definition) is 4. The molecule has 3 aliphatic heterocycles. The minimum absolute atomic E-state index is 0.155. The van der Waals surface area contributed by atoms with E-state index in [1.54, 1.807) is 6.07 Å². The Morgan fingerprint density at radius 2 is 1.59 bits per heavy atom. The quantitative estimate of drug-likeness (QED) is 0.700. The Morgan fingerprint density at radius 3 is 2.38 bits per heavy atom. The molecule has 0 saturated carbocycles. The summed E-state index contributed by atoms with van der Waals surface area (Å²) in [6.07, 6.45) is 8.96. The van der Waals surface area contributed by atoms with E-state index in [0.29, 0.717) is 6.61 Å². The van der Waals surface area contributed by atoms with E-state index in [1.165, 1.54) is 5.56 Å². The average molecular weight is 390 g/mol. The molecule has 0 amide bonds. The van der Waals surface area contributed by atoms with E-state index in [1.807, 2.05) is 52.0 Å². The van der Waals surface area contributed by atoms with Gasteiger partial charge in [-0.2, -0.15) is 0 Å². The molecule has 2 aromatic rings. The molecular formula is C25H26O4. The van der Waals surface area contributed by atoms with Crippen LogP contribution in [0.25, 0.3) is 12.2 Å². The number of ether oxygens (including phenoxy) is 3. The summed E-state index contributed by atoms with van der Waals surface area (Å²) in [5.74, 6) is 2.94. The molecule has 4 nitrogen and oxygen atoms in total. The van der Waals surface area contributed by atoms with Crippen LogP contribution in [-0.2, 0) is 6.42 Å². The summed E-state index contributed by atoms with van der Waals surface area (Å²) >= 11 is 0. The second-order valence-electron chi connectivity index (χ2n) is 9.17. The van der Waals surface area contributed by atoms with Crippen molar-refractivity contribution in [1.29, 1.82) is 0 Å². The molecule has 1 atom stereocenters. The van der Waals surface area contributed by atoms with Gasteiger partial charge >= 0.3 is 0 Å². The average Bonchev–Trinajstić information content (AvgIpc) is 2.66. The Kier molecular flexibility index (Phi) is 3.79. The first kappa shape index (κ1) is 18.2. The van der Waals surface area contributed by atoms with E-state index < -0.39 is 5.60 Å². The van der Waals surface area contributed by atoms with Crippen molar-refractivity contribution >= 4 is 12.2 Å². The van der Waals surface area contributed by atoms with Gasteiger partial charge in [0.1, 0.15) is 34.2 Å². The highest BCUT2D eigenvalue weighted by atomic mass is 16.5. The van der Waals surface area contributed by atoms with E-state index in [-0.39, 0.29) is 17.3 Å². The first-order valence-corrected chi connectivity index (χ1v) is 10.1. The second kappa shape index (κ2) is 6.06. The molecule has 1 N–H and O–H groups in total. The zero-order valence-corrected chi connectivity index (χ0v) is 17.3. The molecule has 0 aromatic heterocycles. The zero-order chi connectivity index (χ0) is 20.4. The summed E-state index contributed by atoms with van der Waals surface area (Å²) in [6, 6.07) is 7.86. The number of benzene rings is 2. The van der Waals surface area contributed by atoms with Crippen LogP contribution in [0.5, 0.6) is 23.0 Å². The number of phenols is 1. The molecule has 0 radical (unpaired) electrons. The predicted molar refractivity (Wildman–Crippen MR) is 114 cm³/mol. The van der Waals surface area contributed by atoms with E-state index in [4.69, 9.17) is 14.2 Å². The van der Waals surface area contributed by atoms with Gasteiger partial charge in [0.15, 0.2) is 0 Å². The lowest BCUT2D eigenvalue weighted by Gasteiger charge is -2.34. The highest BCUT2D eigenvalue weighted by Crippen LogP contribution is 2.47. The molecule has 0 aliphatic carbocycles. The van der Waals surface area contributed by atoms with Gasteiger partial charge in [-0.05, 0) is 76.1 Å². The van der Waals surface area contributed by atoms with Crippen LogP contribution in [0, 0.1) is 0 Å². The van der Waals surface area contributed by atoms with Crippen LogP contribution in [0.1, 0.15) is 55.9 Å². The Labute approximate surface area is 171 Å². The van der Waals surface area contributed by atoms with Crippen LogP contribution in [0.2, 0.25) is 0 Å². The molecule has 150 valence electrons. The molecule has 3 aliphatic rings.